The zero-order valence-electron chi connectivity index (χ0n) is 11.2. The summed E-state index contributed by atoms with van der Waals surface area (Å²) in [7, 11) is 1.81. The van der Waals surface area contributed by atoms with Crippen molar-refractivity contribution in [3.63, 3.8) is 0 Å². The van der Waals surface area contributed by atoms with E-state index in [0.29, 0.717) is 13.0 Å². The van der Waals surface area contributed by atoms with Gasteiger partial charge in [0.2, 0.25) is 5.91 Å². The lowest BCUT2D eigenvalue weighted by atomic mass is 9.85. The summed E-state index contributed by atoms with van der Waals surface area (Å²) in [5, 5.41) is 0. The van der Waals surface area contributed by atoms with E-state index in [1.165, 1.54) is 5.56 Å². The number of anilines is 1. The van der Waals surface area contributed by atoms with Crippen LogP contribution in [0.15, 0.2) is 24.3 Å². The molecular weight excluding hydrogens is 212 g/mol. The van der Waals surface area contributed by atoms with E-state index < -0.39 is 0 Å². The molecule has 0 unspecified atom stereocenters. The number of hydrogen-bond donors (Lipinski definition) is 1. The average Bonchev–Trinajstić information content (AvgIpc) is 2.27. The van der Waals surface area contributed by atoms with E-state index in [1.807, 2.05) is 25.2 Å². The van der Waals surface area contributed by atoms with E-state index in [2.05, 4.69) is 26.8 Å². The molecule has 0 saturated carbocycles. The molecule has 0 aliphatic rings. The molecule has 1 aromatic carbocycles. The van der Waals surface area contributed by atoms with Crippen LogP contribution in [0.25, 0.3) is 0 Å². The number of para-hydroxylation sites is 1. The highest BCUT2D eigenvalue weighted by molar-refractivity contribution is 5.93. The van der Waals surface area contributed by atoms with E-state index in [-0.39, 0.29) is 11.3 Å². The Morgan fingerprint density at radius 3 is 2.41 bits per heavy atom. The fourth-order valence-corrected chi connectivity index (χ4v) is 1.83. The van der Waals surface area contributed by atoms with Crippen molar-refractivity contribution in [3.05, 3.63) is 29.8 Å². The van der Waals surface area contributed by atoms with Gasteiger partial charge in [-0.3, -0.25) is 4.79 Å². The van der Waals surface area contributed by atoms with Crippen LogP contribution < -0.4 is 10.6 Å². The molecule has 0 heterocycles. The van der Waals surface area contributed by atoms with Crippen molar-refractivity contribution in [1.82, 2.24) is 0 Å². The molecule has 0 aliphatic heterocycles. The zero-order valence-corrected chi connectivity index (χ0v) is 11.2. The summed E-state index contributed by atoms with van der Waals surface area (Å²) in [6, 6.07) is 8.01. The maximum atomic E-state index is 11.9. The second-order valence-electron chi connectivity index (χ2n) is 5.26. The summed E-state index contributed by atoms with van der Waals surface area (Å²) in [4.78, 5) is 13.6. The number of carbonyl (C=O) groups is 1. The van der Waals surface area contributed by atoms with Gasteiger partial charge in [0.1, 0.15) is 0 Å². The van der Waals surface area contributed by atoms with Gasteiger partial charge >= 0.3 is 0 Å². The Hall–Kier alpha value is -1.35. The lowest BCUT2D eigenvalue weighted by Crippen LogP contribution is -2.30. The van der Waals surface area contributed by atoms with E-state index in [4.69, 9.17) is 5.73 Å². The first-order chi connectivity index (χ1) is 7.88. The molecule has 0 aromatic heterocycles. The van der Waals surface area contributed by atoms with E-state index in [1.54, 1.807) is 4.90 Å². The molecule has 0 aliphatic carbocycles. The first-order valence-electron chi connectivity index (χ1n) is 5.94. The molecule has 0 radical (unpaired) electrons. The third kappa shape index (κ3) is 3.30. The second kappa shape index (κ2) is 5.32. The number of benzene rings is 1. The number of nitrogens with two attached hydrogens (primary N) is 1. The highest BCUT2D eigenvalue weighted by atomic mass is 16.2. The van der Waals surface area contributed by atoms with Gasteiger partial charge in [-0.05, 0) is 17.0 Å². The number of nitrogens with zero attached hydrogens (tertiary/aromatic N) is 1. The lowest BCUT2D eigenvalue weighted by Gasteiger charge is -2.27. The number of carbonyl (C=O) groups excluding carboxylic acids is 1. The maximum absolute atomic E-state index is 11.9. The summed E-state index contributed by atoms with van der Waals surface area (Å²) < 4.78 is 0. The van der Waals surface area contributed by atoms with Gasteiger partial charge in [0, 0.05) is 25.7 Å². The van der Waals surface area contributed by atoms with Crippen molar-refractivity contribution < 1.29 is 4.79 Å². The highest BCUT2D eigenvalue weighted by Crippen LogP contribution is 2.31. The third-order valence-electron chi connectivity index (χ3n) is 2.81. The Bertz CT molecular complexity index is 393. The molecule has 94 valence electrons. The molecule has 3 heteroatoms. The molecular formula is C14H22N2O. The van der Waals surface area contributed by atoms with Gasteiger partial charge in [0.05, 0.1) is 0 Å². The van der Waals surface area contributed by atoms with Gasteiger partial charge in [0.15, 0.2) is 0 Å². The average molecular weight is 234 g/mol. The lowest BCUT2D eigenvalue weighted by molar-refractivity contribution is -0.118. The van der Waals surface area contributed by atoms with Crippen LogP contribution in [-0.2, 0) is 10.2 Å². The fourth-order valence-electron chi connectivity index (χ4n) is 1.83. The molecule has 0 atom stereocenters. The Morgan fingerprint density at radius 1 is 1.29 bits per heavy atom. The first kappa shape index (κ1) is 13.7. The minimum Gasteiger partial charge on any atom is -0.330 e. The molecule has 17 heavy (non-hydrogen) atoms. The Kier molecular flexibility index (Phi) is 4.29. The van der Waals surface area contributed by atoms with Gasteiger partial charge in [-0.2, -0.15) is 0 Å². The monoisotopic (exact) mass is 234 g/mol. The van der Waals surface area contributed by atoms with Crippen LogP contribution in [0.5, 0.6) is 0 Å². The van der Waals surface area contributed by atoms with E-state index in [0.717, 1.165) is 5.69 Å². The summed E-state index contributed by atoms with van der Waals surface area (Å²) in [5.74, 6) is 0.0594. The molecule has 0 fully saturated rings. The van der Waals surface area contributed by atoms with Crippen LogP contribution in [0.3, 0.4) is 0 Å². The predicted octanol–water partition coefficient (Wildman–Crippen LogP) is 2.30. The zero-order chi connectivity index (χ0) is 13.1. The topological polar surface area (TPSA) is 46.3 Å². The summed E-state index contributed by atoms with van der Waals surface area (Å²) in [6.45, 7) is 6.83. The molecule has 2 N–H and O–H groups in total. The van der Waals surface area contributed by atoms with Crippen molar-refractivity contribution in [3.8, 4) is 0 Å². The van der Waals surface area contributed by atoms with Gasteiger partial charge in [-0.25, -0.2) is 0 Å². The molecule has 0 bridgehead atoms. The Balaban J connectivity index is 3.09. The van der Waals surface area contributed by atoms with Crippen LogP contribution in [0.2, 0.25) is 0 Å². The molecule has 1 amide bonds. The van der Waals surface area contributed by atoms with Crippen molar-refractivity contribution in [2.45, 2.75) is 32.6 Å². The van der Waals surface area contributed by atoms with Crippen LogP contribution in [0.4, 0.5) is 5.69 Å². The third-order valence-corrected chi connectivity index (χ3v) is 2.81. The molecule has 0 spiro atoms. The SMILES string of the molecule is CN(C(=O)CCN)c1ccccc1C(C)(C)C. The Labute approximate surface area is 104 Å². The minimum absolute atomic E-state index is 0.0217. The first-order valence-corrected chi connectivity index (χ1v) is 5.94. The standard InChI is InChI=1S/C14H22N2O/c1-14(2,3)11-7-5-6-8-12(11)16(4)13(17)9-10-15/h5-8H,9-10,15H2,1-4H3. The van der Waals surface area contributed by atoms with Crippen molar-refractivity contribution in [1.29, 1.82) is 0 Å². The van der Waals surface area contributed by atoms with Crippen LogP contribution in [-0.4, -0.2) is 19.5 Å². The van der Waals surface area contributed by atoms with Crippen molar-refractivity contribution in [2.75, 3.05) is 18.5 Å². The number of rotatable bonds is 3. The predicted molar refractivity (Wildman–Crippen MR) is 72.2 cm³/mol. The Morgan fingerprint density at radius 2 is 1.88 bits per heavy atom. The quantitative estimate of drug-likeness (QED) is 0.872. The van der Waals surface area contributed by atoms with Crippen LogP contribution >= 0.6 is 0 Å². The van der Waals surface area contributed by atoms with Crippen LogP contribution in [0, 0.1) is 0 Å². The van der Waals surface area contributed by atoms with Crippen LogP contribution in [0.1, 0.15) is 32.8 Å². The van der Waals surface area contributed by atoms with Gasteiger partial charge < -0.3 is 10.6 Å². The van der Waals surface area contributed by atoms with E-state index >= 15 is 0 Å². The minimum atomic E-state index is 0.0217. The number of amides is 1. The summed E-state index contributed by atoms with van der Waals surface area (Å²) >= 11 is 0. The second-order valence-corrected chi connectivity index (χ2v) is 5.26. The van der Waals surface area contributed by atoms with Gasteiger partial charge in [-0.15, -0.1) is 0 Å². The summed E-state index contributed by atoms with van der Waals surface area (Å²) in [5.41, 5.74) is 7.59. The maximum Gasteiger partial charge on any atom is 0.227 e. The highest BCUT2D eigenvalue weighted by Gasteiger charge is 2.21. The smallest absolute Gasteiger partial charge is 0.227 e. The van der Waals surface area contributed by atoms with Gasteiger partial charge in [0.25, 0.3) is 0 Å². The molecule has 0 saturated heterocycles. The van der Waals surface area contributed by atoms with E-state index in [9.17, 15) is 4.79 Å². The summed E-state index contributed by atoms with van der Waals surface area (Å²) in [6.07, 6.45) is 0.384. The van der Waals surface area contributed by atoms with Gasteiger partial charge in [-0.1, -0.05) is 39.0 Å². The van der Waals surface area contributed by atoms with Crippen molar-refractivity contribution in [2.24, 2.45) is 5.73 Å². The fraction of sp³-hybridized carbons (Fsp3) is 0.500. The normalized spacial score (nSPS) is 11.4. The molecule has 1 aromatic rings. The largest absolute Gasteiger partial charge is 0.330 e. The number of hydrogen-bond acceptors (Lipinski definition) is 2. The molecule has 1 rings (SSSR count). The van der Waals surface area contributed by atoms with Crippen molar-refractivity contribution >= 4 is 11.6 Å². The molecule has 3 nitrogen and oxygen atoms in total.